The highest BCUT2D eigenvalue weighted by Crippen LogP contribution is 2.17. The van der Waals surface area contributed by atoms with Crippen LogP contribution in [0.15, 0.2) is 0 Å². The Balaban J connectivity index is 2.26. The maximum Gasteiger partial charge on any atom is 0.0565 e. The van der Waals surface area contributed by atoms with Gasteiger partial charge >= 0.3 is 0 Å². The van der Waals surface area contributed by atoms with Crippen molar-refractivity contribution < 1.29 is 10.2 Å². The molecular formula is C5H10O2. The van der Waals surface area contributed by atoms with E-state index in [1.807, 2.05) is 0 Å². The van der Waals surface area contributed by atoms with E-state index in [4.69, 9.17) is 10.2 Å². The lowest BCUT2D eigenvalue weighted by atomic mass is 10.3. The Morgan fingerprint density at radius 3 is 1.57 bits per heavy atom. The van der Waals surface area contributed by atoms with Crippen LogP contribution in [-0.4, -0.2) is 22.4 Å². The monoisotopic (exact) mass is 102 g/mol. The van der Waals surface area contributed by atoms with Crippen molar-refractivity contribution in [2.45, 2.75) is 31.5 Å². The molecule has 0 aromatic carbocycles. The fourth-order valence-electron chi connectivity index (χ4n) is 0.935. The third-order valence-corrected chi connectivity index (χ3v) is 1.38. The maximum atomic E-state index is 8.74. The van der Waals surface area contributed by atoms with Gasteiger partial charge in [0.15, 0.2) is 0 Å². The molecule has 42 valence electrons. The Bertz CT molecular complexity index is 55.1. The van der Waals surface area contributed by atoms with Gasteiger partial charge in [0.2, 0.25) is 0 Å². The minimum atomic E-state index is -0.227. The van der Waals surface area contributed by atoms with Crippen LogP contribution in [0.2, 0.25) is 0 Å². The predicted molar refractivity (Wildman–Crippen MR) is 25.9 cm³/mol. The van der Waals surface area contributed by atoms with Crippen LogP contribution in [0.5, 0.6) is 0 Å². The summed E-state index contributed by atoms with van der Waals surface area (Å²) >= 11 is 0. The van der Waals surface area contributed by atoms with Gasteiger partial charge in [-0.3, -0.25) is 0 Å². The molecule has 2 N–H and O–H groups in total. The van der Waals surface area contributed by atoms with Crippen molar-refractivity contribution in [1.82, 2.24) is 0 Å². The fourth-order valence-corrected chi connectivity index (χ4v) is 0.935. The molecule has 2 atom stereocenters. The summed E-state index contributed by atoms with van der Waals surface area (Å²) in [6.07, 6.45) is 1.69. The molecule has 2 heteroatoms. The van der Waals surface area contributed by atoms with Crippen LogP contribution in [0.3, 0.4) is 0 Å². The number of hydrogen-bond acceptors (Lipinski definition) is 2. The minimum Gasteiger partial charge on any atom is -0.393 e. The molecular weight excluding hydrogens is 92.1 g/mol. The highest BCUT2D eigenvalue weighted by Gasteiger charge is 2.19. The van der Waals surface area contributed by atoms with Crippen LogP contribution in [0.25, 0.3) is 0 Å². The predicted octanol–water partition coefficient (Wildman–Crippen LogP) is -0.108. The van der Waals surface area contributed by atoms with Gasteiger partial charge in [0.25, 0.3) is 0 Å². The Kier molecular flexibility index (Phi) is 1.30. The summed E-state index contributed by atoms with van der Waals surface area (Å²) in [6.45, 7) is 0. The van der Waals surface area contributed by atoms with Gasteiger partial charge < -0.3 is 10.2 Å². The van der Waals surface area contributed by atoms with Gasteiger partial charge in [-0.25, -0.2) is 0 Å². The average molecular weight is 102 g/mol. The molecule has 0 spiro atoms. The Morgan fingerprint density at radius 2 is 1.43 bits per heavy atom. The second kappa shape index (κ2) is 1.80. The number of aliphatic hydroxyl groups excluding tert-OH is 2. The molecule has 0 saturated heterocycles. The quantitative estimate of drug-likeness (QED) is 0.448. The molecule has 0 amide bonds. The summed E-state index contributed by atoms with van der Waals surface area (Å²) in [4.78, 5) is 0. The standard InChI is InChI=1S/C5H10O2/c6-4-1-2-5(7)3-4/h4-7H,1-3H2/t4-,5-/m0/s1. The van der Waals surface area contributed by atoms with Crippen LogP contribution >= 0.6 is 0 Å². The van der Waals surface area contributed by atoms with Crippen LogP contribution < -0.4 is 0 Å². The van der Waals surface area contributed by atoms with E-state index in [2.05, 4.69) is 0 Å². The van der Waals surface area contributed by atoms with E-state index in [0.717, 1.165) is 12.8 Å². The van der Waals surface area contributed by atoms with Gasteiger partial charge in [-0.2, -0.15) is 0 Å². The van der Waals surface area contributed by atoms with Gasteiger partial charge in [0.1, 0.15) is 0 Å². The highest BCUT2D eigenvalue weighted by atomic mass is 16.3. The molecule has 0 bridgehead atoms. The first-order valence-electron chi connectivity index (χ1n) is 2.65. The van der Waals surface area contributed by atoms with Gasteiger partial charge in [0.05, 0.1) is 12.2 Å². The molecule has 0 aliphatic heterocycles. The lowest BCUT2D eigenvalue weighted by Gasteiger charge is -1.95. The van der Waals surface area contributed by atoms with Crippen LogP contribution in [0.4, 0.5) is 0 Å². The molecule has 1 rings (SSSR count). The lowest BCUT2D eigenvalue weighted by molar-refractivity contribution is 0.137. The van der Waals surface area contributed by atoms with E-state index in [0.29, 0.717) is 6.42 Å². The summed E-state index contributed by atoms with van der Waals surface area (Å²) < 4.78 is 0. The van der Waals surface area contributed by atoms with Crippen molar-refractivity contribution in [3.05, 3.63) is 0 Å². The second-order valence-corrected chi connectivity index (χ2v) is 2.12. The van der Waals surface area contributed by atoms with Crippen molar-refractivity contribution in [1.29, 1.82) is 0 Å². The fraction of sp³-hybridized carbons (Fsp3) is 1.00. The molecule has 2 nitrogen and oxygen atoms in total. The molecule has 7 heavy (non-hydrogen) atoms. The topological polar surface area (TPSA) is 40.5 Å². The summed E-state index contributed by atoms with van der Waals surface area (Å²) in [5.41, 5.74) is 0. The molecule has 1 aliphatic rings. The van der Waals surface area contributed by atoms with Crippen LogP contribution in [0.1, 0.15) is 19.3 Å². The van der Waals surface area contributed by atoms with Crippen molar-refractivity contribution >= 4 is 0 Å². The van der Waals surface area contributed by atoms with E-state index in [1.165, 1.54) is 0 Å². The van der Waals surface area contributed by atoms with E-state index in [-0.39, 0.29) is 12.2 Å². The molecule has 1 saturated carbocycles. The zero-order chi connectivity index (χ0) is 5.28. The number of hydrogen-bond donors (Lipinski definition) is 2. The van der Waals surface area contributed by atoms with E-state index in [1.54, 1.807) is 0 Å². The Hall–Kier alpha value is -0.0800. The van der Waals surface area contributed by atoms with Crippen molar-refractivity contribution in [3.8, 4) is 0 Å². The van der Waals surface area contributed by atoms with Crippen molar-refractivity contribution in [2.24, 2.45) is 0 Å². The summed E-state index contributed by atoms with van der Waals surface area (Å²) in [5.74, 6) is 0. The molecule has 0 aromatic heterocycles. The summed E-state index contributed by atoms with van der Waals surface area (Å²) in [6, 6.07) is 0. The third-order valence-electron chi connectivity index (χ3n) is 1.38. The molecule has 0 unspecified atom stereocenters. The normalized spacial score (nSPS) is 42.0. The third kappa shape index (κ3) is 1.14. The first-order valence-corrected chi connectivity index (χ1v) is 2.65. The SMILES string of the molecule is O[C@H]1CC[C@H](O)C1. The molecule has 1 aliphatic carbocycles. The maximum absolute atomic E-state index is 8.74. The van der Waals surface area contributed by atoms with Crippen molar-refractivity contribution in [2.75, 3.05) is 0 Å². The zero-order valence-electron chi connectivity index (χ0n) is 4.17. The van der Waals surface area contributed by atoms with Gasteiger partial charge in [-0.05, 0) is 19.3 Å². The summed E-state index contributed by atoms with van der Waals surface area (Å²) in [5, 5.41) is 17.5. The highest BCUT2D eigenvalue weighted by molar-refractivity contribution is 4.72. The van der Waals surface area contributed by atoms with Gasteiger partial charge in [-0.15, -0.1) is 0 Å². The number of aliphatic hydroxyl groups is 2. The zero-order valence-corrected chi connectivity index (χ0v) is 4.17. The van der Waals surface area contributed by atoms with E-state index >= 15 is 0 Å². The van der Waals surface area contributed by atoms with Crippen LogP contribution in [0, 0.1) is 0 Å². The smallest absolute Gasteiger partial charge is 0.0565 e. The summed E-state index contributed by atoms with van der Waals surface area (Å²) in [7, 11) is 0. The molecule has 0 radical (unpaired) electrons. The first-order chi connectivity index (χ1) is 3.29. The first kappa shape index (κ1) is 5.06. The van der Waals surface area contributed by atoms with Gasteiger partial charge in [0, 0.05) is 0 Å². The number of rotatable bonds is 0. The van der Waals surface area contributed by atoms with Gasteiger partial charge in [-0.1, -0.05) is 0 Å². The van der Waals surface area contributed by atoms with Crippen molar-refractivity contribution in [3.63, 3.8) is 0 Å². The Morgan fingerprint density at radius 1 is 1.00 bits per heavy atom. The van der Waals surface area contributed by atoms with Crippen LogP contribution in [-0.2, 0) is 0 Å². The van der Waals surface area contributed by atoms with E-state index in [9.17, 15) is 0 Å². The lowest BCUT2D eigenvalue weighted by Crippen LogP contribution is -2.02. The molecule has 1 fully saturated rings. The van der Waals surface area contributed by atoms with E-state index < -0.39 is 0 Å². The minimum absolute atomic E-state index is 0.227. The molecule has 0 aromatic rings. The largest absolute Gasteiger partial charge is 0.393 e. The average Bonchev–Trinajstić information content (AvgIpc) is 1.87. The Labute approximate surface area is 42.8 Å². The molecule has 0 heterocycles. The second-order valence-electron chi connectivity index (χ2n) is 2.12.